The molecule has 0 aromatic carbocycles. The summed E-state index contributed by atoms with van der Waals surface area (Å²) in [6, 6.07) is -0.243. The maximum Gasteiger partial charge on any atom is 0.317 e. The highest BCUT2D eigenvalue weighted by Gasteiger charge is 2.45. The third-order valence-electron chi connectivity index (χ3n) is 3.99. The Kier molecular flexibility index (Phi) is 6.91. The molecule has 0 aliphatic carbocycles. The van der Waals surface area contributed by atoms with E-state index in [4.69, 9.17) is 9.47 Å². The first-order chi connectivity index (χ1) is 9.99. The average molecular weight is 302 g/mol. The summed E-state index contributed by atoms with van der Waals surface area (Å²) < 4.78 is 10.2. The van der Waals surface area contributed by atoms with Crippen LogP contribution in [0, 0.1) is 5.41 Å². The molecular weight excluding hydrogens is 276 g/mol. The molecule has 0 aromatic rings. The number of carbonyl (C=O) groups excluding carboxylic acids is 1. The maximum atomic E-state index is 12.1. The standard InChI is InChI=1S/C14H26N2O5/c1-4-5-14(12(17)18)6-7-16(10-14)13(19)15-8-11(21-3)9-20-2/h11H,4-10H2,1-3H3,(H,15,19)(H,17,18). The SMILES string of the molecule is CCCC1(C(=O)O)CCN(C(=O)NCC(COC)OC)C1. The summed E-state index contributed by atoms with van der Waals surface area (Å²) in [5.74, 6) is -0.811. The van der Waals surface area contributed by atoms with Crippen LogP contribution in [0.25, 0.3) is 0 Å². The zero-order valence-corrected chi connectivity index (χ0v) is 13.1. The van der Waals surface area contributed by atoms with Gasteiger partial charge in [-0.25, -0.2) is 4.79 Å². The van der Waals surface area contributed by atoms with Crippen molar-refractivity contribution >= 4 is 12.0 Å². The Morgan fingerprint density at radius 3 is 2.67 bits per heavy atom. The monoisotopic (exact) mass is 302 g/mol. The van der Waals surface area contributed by atoms with Crippen LogP contribution in [0.4, 0.5) is 4.79 Å². The lowest BCUT2D eigenvalue weighted by molar-refractivity contribution is -0.148. The number of nitrogens with one attached hydrogen (secondary N) is 1. The van der Waals surface area contributed by atoms with Crippen molar-refractivity contribution in [3.8, 4) is 0 Å². The molecule has 1 aliphatic heterocycles. The molecule has 7 heteroatoms. The number of likely N-dealkylation sites (tertiary alicyclic amines) is 1. The fourth-order valence-corrected chi connectivity index (χ4v) is 2.72. The van der Waals surface area contributed by atoms with Gasteiger partial charge in [0.05, 0.1) is 18.1 Å². The lowest BCUT2D eigenvalue weighted by atomic mass is 9.83. The van der Waals surface area contributed by atoms with Crippen LogP contribution in [0.15, 0.2) is 0 Å². The minimum absolute atomic E-state index is 0.207. The summed E-state index contributed by atoms with van der Waals surface area (Å²) in [5.41, 5.74) is -0.792. The lowest BCUT2D eigenvalue weighted by Gasteiger charge is -2.25. The normalized spacial score (nSPS) is 23.1. The van der Waals surface area contributed by atoms with E-state index >= 15 is 0 Å². The molecule has 0 spiro atoms. The summed E-state index contributed by atoms with van der Waals surface area (Å²) in [6.45, 7) is 3.44. The van der Waals surface area contributed by atoms with Crippen molar-refractivity contribution in [1.82, 2.24) is 10.2 Å². The Labute approximate surface area is 125 Å². The van der Waals surface area contributed by atoms with Crippen LogP contribution < -0.4 is 5.32 Å². The number of amides is 2. The van der Waals surface area contributed by atoms with Gasteiger partial charge in [0.2, 0.25) is 0 Å². The zero-order valence-electron chi connectivity index (χ0n) is 13.1. The second kappa shape index (κ2) is 8.19. The van der Waals surface area contributed by atoms with Gasteiger partial charge in [0.25, 0.3) is 0 Å². The van der Waals surface area contributed by atoms with Gasteiger partial charge in [0.1, 0.15) is 0 Å². The predicted octanol–water partition coefficient (Wildman–Crippen LogP) is 0.934. The molecule has 1 aliphatic rings. The smallest absolute Gasteiger partial charge is 0.317 e. The first kappa shape index (κ1) is 17.7. The van der Waals surface area contributed by atoms with Crippen molar-refractivity contribution < 1.29 is 24.2 Å². The summed E-state index contributed by atoms with van der Waals surface area (Å²) in [7, 11) is 3.13. The third kappa shape index (κ3) is 4.57. The Hall–Kier alpha value is -1.34. The molecule has 0 saturated carbocycles. The number of ether oxygens (including phenoxy) is 2. The summed E-state index contributed by atoms with van der Waals surface area (Å²) >= 11 is 0. The number of hydrogen-bond acceptors (Lipinski definition) is 4. The van der Waals surface area contributed by atoms with Crippen LogP contribution in [0.2, 0.25) is 0 Å². The predicted molar refractivity (Wildman–Crippen MR) is 77.2 cm³/mol. The van der Waals surface area contributed by atoms with Gasteiger partial charge < -0.3 is 24.8 Å². The van der Waals surface area contributed by atoms with Crippen molar-refractivity contribution in [3.63, 3.8) is 0 Å². The van der Waals surface area contributed by atoms with Crippen molar-refractivity contribution in [3.05, 3.63) is 0 Å². The summed E-state index contributed by atoms with van der Waals surface area (Å²) in [6.07, 6.45) is 1.69. The van der Waals surface area contributed by atoms with Gasteiger partial charge in [-0.2, -0.15) is 0 Å². The molecule has 122 valence electrons. The largest absolute Gasteiger partial charge is 0.481 e. The molecule has 1 saturated heterocycles. The van der Waals surface area contributed by atoms with E-state index in [2.05, 4.69) is 5.32 Å². The molecule has 1 rings (SSSR count). The minimum Gasteiger partial charge on any atom is -0.481 e. The van der Waals surface area contributed by atoms with Gasteiger partial charge in [0, 0.05) is 33.9 Å². The van der Waals surface area contributed by atoms with Gasteiger partial charge >= 0.3 is 12.0 Å². The number of hydrogen-bond donors (Lipinski definition) is 2. The quantitative estimate of drug-likeness (QED) is 0.696. The molecule has 2 N–H and O–H groups in total. The van der Waals surface area contributed by atoms with Crippen molar-refractivity contribution in [1.29, 1.82) is 0 Å². The average Bonchev–Trinajstić information content (AvgIpc) is 2.89. The molecule has 1 fully saturated rings. The molecule has 2 atom stereocenters. The van der Waals surface area contributed by atoms with Gasteiger partial charge in [-0.1, -0.05) is 13.3 Å². The number of aliphatic carboxylic acids is 1. The summed E-state index contributed by atoms with van der Waals surface area (Å²) in [4.78, 5) is 25.2. The molecule has 2 unspecified atom stereocenters. The van der Waals surface area contributed by atoms with Crippen LogP contribution in [-0.2, 0) is 14.3 Å². The maximum absolute atomic E-state index is 12.1. The van der Waals surface area contributed by atoms with Crippen LogP contribution in [-0.4, -0.2) is 68.6 Å². The fourth-order valence-electron chi connectivity index (χ4n) is 2.72. The number of carboxylic acid groups (broad SMARTS) is 1. The Balaban J connectivity index is 2.51. The van der Waals surface area contributed by atoms with E-state index in [1.54, 1.807) is 19.1 Å². The van der Waals surface area contributed by atoms with Gasteiger partial charge in [-0.3, -0.25) is 4.79 Å². The number of rotatable bonds is 8. The number of carbonyl (C=O) groups is 2. The highest BCUT2D eigenvalue weighted by Crippen LogP contribution is 2.35. The van der Waals surface area contributed by atoms with E-state index in [0.29, 0.717) is 32.5 Å². The number of nitrogens with zero attached hydrogens (tertiary/aromatic N) is 1. The second-order valence-electron chi connectivity index (χ2n) is 5.51. The highest BCUT2D eigenvalue weighted by molar-refractivity contribution is 5.79. The molecule has 0 bridgehead atoms. The van der Waals surface area contributed by atoms with E-state index in [0.717, 1.165) is 6.42 Å². The van der Waals surface area contributed by atoms with Crippen LogP contribution in [0.5, 0.6) is 0 Å². The first-order valence-electron chi connectivity index (χ1n) is 7.27. The summed E-state index contributed by atoms with van der Waals surface area (Å²) in [5, 5.41) is 12.2. The fraction of sp³-hybridized carbons (Fsp3) is 0.857. The third-order valence-corrected chi connectivity index (χ3v) is 3.99. The zero-order chi connectivity index (χ0) is 15.9. The molecular formula is C14H26N2O5. The van der Waals surface area contributed by atoms with Crippen LogP contribution in [0.1, 0.15) is 26.2 Å². The van der Waals surface area contributed by atoms with E-state index in [-0.39, 0.29) is 18.7 Å². The highest BCUT2D eigenvalue weighted by atomic mass is 16.5. The Bertz CT molecular complexity index is 363. The van der Waals surface area contributed by atoms with E-state index in [1.165, 1.54) is 0 Å². The van der Waals surface area contributed by atoms with Gasteiger partial charge in [-0.05, 0) is 12.8 Å². The van der Waals surface area contributed by atoms with Gasteiger partial charge in [0.15, 0.2) is 0 Å². The second-order valence-corrected chi connectivity index (χ2v) is 5.51. The van der Waals surface area contributed by atoms with Gasteiger partial charge in [-0.15, -0.1) is 0 Å². The number of urea groups is 1. The molecule has 21 heavy (non-hydrogen) atoms. The molecule has 2 amide bonds. The van der Waals surface area contributed by atoms with Crippen LogP contribution in [0.3, 0.4) is 0 Å². The van der Waals surface area contributed by atoms with Crippen molar-refractivity contribution in [2.45, 2.75) is 32.3 Å². The van der Waals surface area contributed by atoms with Crippen LogP contribution >= 0.6 is 0 Å². The number of methoxy groups -OCH3 is 2. The van der Waals surface area contributed by atoms with E-state index in [1.807, 2.05) is 6.92 Å². The first-order valence-corrected chi connectivity index (χ1v) is 7.27. The molecule has 7 nitrogen and oxygen atoms in total. The Morgan fingerprint density at radius 1 is 1.43 bits per heavy atom. The molecule has 0 radical (unpaired) electrons. The Morgan fingerprint density at radius 2 is 2.14 bits per heavy atom. The lowest BCUT2D eigenvalue weighted by Crippen LogP contribution is -2.44. The topological polar surface area (TPSA) is 88.1 Å². The minimum atomic E-state index is -0.811. The molecule has 0 aromatic heterocycles. The van der Waals surface area contributed by atoms with Crippen molar-refractivity contribution in [2.24, 2.45) is 5.41 Å². The van der Waals surface area contributed by atoms with Crippen molar-refractivity contribution in [2.75, 3.05) is 40.5 Å². The van der Waals surface area contributed by atoms with E-state index in [9.17, 15) is 14.7 Å². The van der Waals surface area contributed by atoms with E-state index < -0.39 is 11.4 Å². The number of carboxylic acids is 1. The molecule has 1 heterocycles.